The molecular formula is C20H25N3O2. The Kier molecular flexibility index (Phi) is 5.66. The van der Waals surface area contributed by atoms with Crippen LogP contribution in [-0.4, -0.2) is 35.5 Å². The number of nitrogens with one attached hydrogen (secondary N) is 1. The summed E-state index contributed by atoms with van der Waals surface area (Å²) >= 11 is 0. The molecule has 3 rings (SSSR count). The van der Waals surface area contributed by atoms with Gasteiger partial charge in [0.05, 0.1) is 0 Å². The third kappa shape index (κ3) is 5.03. The summed E-state index contributed by atoms with van der Waals surface area (Å²) in [5, 5.41) is 3.00. The van der Waals surface area contributed by atoms with Crippen molar-refractivity contribution in [1.82, 2.24) is 15.2 Å². The van der Waals surface area contributed by atoms with Crippen LogP contribution in [0.1, 0.15) is 30.0 Å². The molecule has 0 bridgehead atoms. The van der Waals surface area contributed by atoms with E-state index >= 15 is 0 Å². The van der Waals surface area contributed by atoms with Crippen molar-refractivity contribution in [3.05, 3.63) is 59.4 Å². The molecule has 0 radical (unpaired) electrons. The van der Waals surface area contributed by atoms with E-state index in [0.717, 1.165) is 36.4 Å². The Labute approximate surface area is 149 Å². The summed E-state index contributed by atoms with van der Waals surface area (Å²) in [5.74, 6) is 1.04. The van der Waals surface area contributed by atoms with Gasteiger partial charge in [0, 0.05) is 44.9 Å². The van der Waals surface area contributed by atoms with Crippen molar-refractivity contribution in [3.8, 4) is 5.75 Å². The molecule has 5 nitrogen and oxygen atoms in total. The van der Waals surface area contributed by atoms with Crippen molar-refractivity contribution in [2.75, 3.05) is 13.6 Å². The Bertz CT molecular complexity index is 718. The van der Waals surface area contributed by atoms with Crippen molar-refractivity contribution in [1.29, 1.82) is 0 Å². The van der Waals surface area contributed by atoms with Crippen molar-refractivity contribution in [2.45, 2.75) is 39.0 Å². The zero-order valence-corrected chi connectivity index (χ0v) is 14.9. The molecule has 1 aliphatic rings. The van der Waals surface area contributed by atoms with Gasteiger partial charge in [0.25, 0.3) is 0 Å². The predicted octanol–water partition coefficient (Wildman–Crippen LogP) is 2.54. The van der Waals surface area contributed by atoms with E-state index in [-0.39, 0.29) is 12.0 Å². The summed E-state index contributed by atoms with van der Waals surface area (Å²) in [6.07, 6.45) is 5.30. The van der Waals surface area contributed by atoms with E-state index in [4.69, 9.17) is 4.74 Å². The number of rotatable bonds is 7. The number of aromatic nitrogens is 1. The summed E-state index contributed by atoms with van der Waals surface area (Å²) in [7, 11) is 2.02. The molecule has 1 amide bonds. The fourth-order valence-electron chi connectivity index (χ4n) is 3.05. The molecule has 25 heavy (non-hydrogen) atoms. The standard InChI is InChI=1S/C20H25N3O2/c1-15-10-18-11-16(5-6-19(18)25-15)13-22-20(24)7-9-23(2)14-17-4-3-8-21-12-17/h3-6,8,11-12,15H,7,9-10,13-14H2,1-2H3,(H,22,24). The quantitative estimate of drug-likeness (QED) is 0.842. The molecule has 1 N–H and O–H groups in total. The molecule has 0 aliphatic carbocycles. The van der Waals surface area contributed by atoms with Gasteiger partial charge in [-0.1, -0.05) is 18.2 Å². The minimum atomic E-state index is 0.0724. The monoisotopic (exact) mass is 339 g/mol. The zero-order valence-electron chi connectivity index (χ0n) is 14.9. The molecule has 1 atom stereocenters. The van der Waals surface area contributed by atoms with Crippen LogP contribution in [0.3, 0.4) is 0 Å². The maximum Gasteiger partial charge on any atom is 0.221 e. The van der Waals surface area contributed by atoms with Gasteiger partial charge in [-0.15, -0.1) is 0 Å². The highest BCUT2D eigenvalue weighted by Gasteiger charge is 2.18. The highest BCUT2D eigenvalue weighted by atomic mass is 16.5. The Morgan fingerprint density at radius 2 is 2.24 bits per heavy atom. The summed E-state index contributed by atoms with van der Waals surface area (Å²) < 4.78 is 5.70. The fraction of sp³-hybridized carbons (Fsp3) is 0.400. The first-order chi connectivity index (χ1) is 12.1. The van der Waals surface area contributed by atoms with Crippen molar-refractivity contribution in [2.24, 2.45) is 0 Å². The zero-order chi connectivity index (χ0) is 17.6. The highest BCUT2D eigenvalue weighted by Crippen LogP contribution is 2.29. The number of hydrogen-bond acceptors (Lipinski definition) is 4. The number of benzene rings is 1. The van der Waals surface area contributed by atoms with Crippen molar-refractivity contribution < 1.29 is 9.53 Å². The van der Waals surface area contributed by atoms with Crippen LogP contribution in [0.4, 0.5) is 0 Å². The first-order valence-electron chi connectivity index (χ1n) is 8.73. The molecule has 5 heteroatoms. The summed E-state index contributed by atoms with van der Waals surface area (Å²) in [6.45, 7) is 4.15. The average molecular weight is 339 g/mol. The van der Waals surface area contributed by atoms with Gasteiger partial charge in [0.15, 0.2) is 0 Å². The average Bonchev–Trinajstić information content (AvgIpc) is 2.98. The topological polar surface area (TPSA) is 54.5 Å². The Morgan fingerprint density at radius 3 is 3.04 bits per heavy atom. The molecule has 0 fully saturated rings. The molecule has 132 valence electrons. The second-order valence-electron chi connectivity index (χ2n) is 6.70. The third-order valence-electron chi connectivity index (χ3n) is 4.35. The first kappa shape index (κ1) is 17.4. The molecule has 0 spiro atoms. The van der Waals surface area contributed by atoms with Crippen LogP contribution in [-0.2, 0) is 24.3 Å². The number of ether oxygens (including phenoxy) is 1. The minimum absolute atomic E-state index is 0.0724. The van der Waals surface area contributed by atoms with E-state index < -0.39 is 0 Å². The van der Waals surface area contributed by atoms with E-state index in [0.29, 0.717) is 13.0 Å². The molecular weight excluding hydrogens is 314 g/mol. The number of carbonyl (C=O) groups excluding carboxylic acids is 1. The summed E-state index contributed by atoms with van der Waals surface area (Å²) in [4.78, 5) is 18.3. The van der Waals surface area contributed by atoms with E-state index in [9.17, 15) is 4.79 Å². The second kappa shape index (κ2) is 8.12. The van der Waals surface area contributed by atoms with Crippen LogP contribution in [0.15, 0.2) is 42.7 Å². The molecule has 1 aliphatic heterocycles. The lowest BCUT2D eigenvalue weighted by atomic mass is 10.1. The first-order valence-corrected chi connectivity index (χ1v) is 8.73. The number of amides is 1. The lowest BCUT2D eigenvalue weighted by Crippen LogP contribution is -2.28. The maximum atomic E-state index is 12.1. The fourth-order valence-corrected chi connectivity index (χ4v) is 3.05. The Morgan fingerprint density at radius 1 is 1.36 bits per heavy atom. The normalized spacial score (nSPS) is 15.7. The molecule has 1 aromatic carbocycles. The molecule has 0 saturated carbocycles. The second-order valence-corrected chi connectivity index (χ2v) is 6.70. The largest absolute Gasteiger partial charge is 0.490 e. The van der Waals surface area contributed by atoms with Crippen molar-refractivity contribution in [3.63, 3.8) is 0 Å². The van der Waals surface area contributed by atoms with Gasteiger partial charge in [0.1, 0.15) is 11.9 Å². The van der Waals surface area contributed by atoms with E-state index in [2.05, 4.69) is 28.2 Å². The minimum Gasteiger partial charge on any atom is -0.490 e. The van der Waals surface area contributed by atoms with Crippen LogP contribution in [0, 0.1) is 0 Å². The molecule has 0 saturated heterocycles. The van der Waals surface area contributed by atoms with Gasteiger partial charge in [-0.3, -0.25) is 9.78 Å². The lowest BCUT2D eigenvalue weighted by Gasteiger charge is -2.16. The Balaban J connectivity index is 1.40. The van der Waals surface area contributed by atoms with Gasteiger partial charge >= 0.3 is 0 Å². The molecule has 2 heterocycles. The predicted molar refractivity (Wildman–Crippen MR) is 97.3 cm³/mol. The van der Waals surface area contributed by atoms with E-state index in [1.165, 1.54) is 5.56 Å². The SMILES string of the molecule is CC1Cc2cc(CNC(=O)CCN(C)Cc3cccnc3)ccc2O1. The number of carbonyl (C=O) groups is 1. The lowest BCUT2D eigenvalue weighted by molar-refractivity contribution is -0.121. The molecule has 1 aromatic heterocycles. The van der Waals surface area contributed by atoms with Gasteiger partial charge in [-0.25, -0.2) is 0 Å². The third-order valence-corrected chi connectivity index (χ3v) is 4.35. The van der Waals surface area contributed by atoms with Crippen LogP contribution in [0.5, 0.6) is 5.75 Å². The summed E-state index contributed by atoms with van der Waals surface area (Å²) in [6, 6.07) is 10.1. The summed E-state index contributed by atoms with van der Waals surface area (Å²) in [5.41, 5.74) is 3.50. The van der Waals surface area contributed by atoms with Crippen LogP contribution in [0.25, 0.3) is 0 Å². The van der Waals surface area contributed by atoms with E-state index in [1.807, 2.05) is 37.5 Å². The number of pyridine rings is 1. The van der Waals surface area contributed by atoms with E-state index in [1.54, 1.807) is 6.20 Å². The number of fused-ring (bicyclic) bond motifs is 1. The number of nitrogens with zero attached hydrogens (tertiary/aromatic N) is 2. The molecule has 1 unspecified atom stereocenters. The maximum absolute atomic E-state index is 12.1. The van der Waals surface area contributed by atoms with Crippen LogP contribution in [0.2, 0.25) is 0 Å². The molecule has 2 aromatic rings. The van der Waals surface area contributed by atoms with Crippen LogP contribution >= 0.6 is 0 Å². The Hall–Kier alpha value is -2.40. The highest BCUT2D eigenvalue weighted by molar-refractivity contribution is 5.76. The number of hydrogen-bond donors (Lipinski definition) is 1. The van der Waals surface area contributed by atoms with Gasteiger partial charge < -0.3 is 15.0 Å². The van der Waals surface area contributed by atoms with Gasteiger partial charge in [-0.05, 0) is 42.8 Å². The van der Waals surface area contributed by atoms with Gasteiger partial charge in [-0.2, -0.15) is 0 Å². The van der Waals surface area contributed by atoms with Crippen LogP contribution < -0.4 is 10.1 Å². The van der Waals surface area contributed by atoms with Gasteiger partial charge in [0.2, 0.25) is 5.91 Å². The smallest absolute Gasteiger partial charge is 0.221 e. The van der Waals surface area contributed by atoms with Crippen molar-refractivity contribution >= 4 is 5.91 Å².